The van der Waals surface area contributed by atoms with Crippen LogP contribution in [0.5, 0.6) is 5.75 Å². The lowest BCUT2D eigenvalue weighted by molar-refractivity contribution is -0.123. The zero-order chi connectivity index (χ0) is 13.5. The van der Waals surface area contributed by atoms with Crippen LogP contribution in [0.3, 0.4) is 0 Å². The van der Waals surface area contributed by atoms with E-state index in [1.165, 1.54) is 14.2 Å². The largest absolute Gasteiger partial charge is 0.496 e. The zero-order valence-corrected chi connectivity index (χ0v) is 11.3. The number of benzene rings is 1. The molecule has 0 aliphatic rings. The molecule has 1 aromatic rings. The van der Waals surface area contributed by atoms with Gasteiger partial charge < -0.3 is 14.8 Å². The Morgan fingerprint density at radius 1 is 1.39 bits per heavy atom. The molecular formula is C12H15NO4S. The molecule has 0 saturated carbocycles. The molecule has 0 spiro atoms. The summed E-state index contributed by atoms with van der Waals surface area (Å²) in [7, 11) is 2.96. The average Bonchev–Trinajstić information content (AvgIpc) is 2.43. The van der Waals surface area contributed by atoms with E-state index in [0.29, 0.717) is 11.3 Å². The Bertz CT molecular complexity index is 448. The van der Waals surface area contributed by atoms with Gasteiger partial charge in [0, 0.05) is 11.9 Å². The van der Waals surface area contributed by atoms with E-state index in [1.807, 2.05) is 6.26 Å². The number of likely N-dealkylation sites (N-methyl/N-ethyl adjacent to an activating group) is 1. The summed E-state index contributed by atoms with van der Waals surface area (Å²) in [5.74, 6) is -0.505. The quantitative estimate of drug-likeness (QED) is 0.645. The minimum absolute atomic E-state index is 0.303. The van der Waals surface area contributed by atoms with Gasteiger partial charge in [-0.15, -0.1) is 11.8 Å². The fraction of sp³-hybridized carbons (Fsp3) is 0.333. The van der Waals surface area contributed by atoms with Gasteiger partial charge in [-0.3, -0.25) is 4.79 Å². The Kier molecular flexibility index (Phi) is 5.51. The molecule has 0 unspecified atom stereocenters. The number of amides is 1. The molecule has 0 atom stereocenters. The average molecular weight is 269 g/mol. The normalized spacial score (nSPS) is 9.72. The summed E-state index contributed by atoms with van der Waals surface area (Å²) in [6, 6.07) is 5.17. The Morgan fingerprint density at radius 3 is 2.67 bits per heavy atom. The highest BCUT2D eigenvalue weighted by Crippen LogP contribution is 2.25. The second-order valence-corrected chi connectivity index (χ2v) is 4.20. The lowest BCUT2D eigenvalue weighted by atomic mass is 10.2. The highest BCUT2D eigenvalue weighted by Gasteiger charge is 2.15. The van der Waals surface area contributed by atoms with E-state index in [4.69, 9.17) is 9.47 Å². The molecule has 1 aromatic carbocycles. The maximum Gasteiger partial charge on any atom is 0.342 e. The number of carbonyl (C=O) groups excluding carboxylic acids is 2. The molecular weight excluding hydrogens is 254 g/mol. The van der Waals surface area contributed by atoms with Gasteiger partial charge >= 0.3 is 5.97 Å². The number of hydrogen-bond donors (Lipinski definition) is 1. The smallest absolute Gasteiger partial charge is 0.342 e. The van der Waals surface area contributed by atoms with Crippen molar-refractivity contribution in [2.75, 3.05) is 27.0 Å². The molecule has 5 nitrogen and oxygen atoms in total. The standard InChI is InChI=1S/C12H15NO4S/c1-13-11(14)7-17-12(15)9-5-4-8(18-3)6-10(9)16-2/h4-6H,7H2,1-3H3,(H,13,14). The number of esters is 1. The second kappa shape index (κ2) is 6.90. The first-order valence-corrected chi connectivity index (χ1v) is 6.44. The molecule has 0 radical (unpaired) electrons. The van der Waals surface area contributed by atoms with Gasteiger partial charge in [-0.05, 0) is 24.5 Å². The molecule has 1 amide bonds. The first kappa shape index (κ1) is 14.4. The summed E-state index contributed by atoms with van der Waals surface area (Å²) >= 11 is 1.54. The number of nitrogens with one attached hydrogen (secondary N) is 1. The second-order valence-electron chi connectivity index (χ2n) is 3.32. The van der Waals surface area contributed by atoms with Crippen LogP contribution in [0.15, 0.2) is 23.1 Å². The van der Waals surface area contributed by atoms with Gasteiger partial charge in [-0.2, -0.15) is 0 Å². The highest BCUT2D eigenvalue weighted by atomic mass is 32.2. The van der Waals surface area contributed by atoms with Crippen LogP contribution in [0.2, 0.25) is 0 Å². The monoisotopic (exact) mass is 269 g/mol. The summed E-state index contributed by atoms with van der Waals surface area (Å²) in [4.78, 5) is 23.7. The molecule has 98 valence electrons. The van der Waals surface area contributed by atoms with E-state index in [0.717, 1.165) is 4.90 Å². The third kappa shape index (κ3) is 3.66. The summed E-state index contributed by atoms with van der Waals surface area (Å²) in [5, 5.41) is 2.37. The van der Waals surface area contributed by atoms with Crippen LogP contribution in [0.1, 0.15) is 10.4 Å². The van der Waals surface area contributed by atoms with Crippen molar-refractivity contribution in [3.63, 3.8) is 0 Å². The highest BCUT2D eigenvalue weighted by molar-refractivity contribution is 7.98. The van der Waals surface area contributed by atoms with Gasteiger partial charge in [0.25, 0.3) is 5.91 Å². The molecule has 1 rings (SSSR count). The van der Waals surface area contributed by atoms with E-state index in [1.54, 1.807) is 30.0 Å². The van der Waals surface area contributed by atoms with Crippen LogP contribution >= 0.6 is 11.8 Å². The maximum absolute atomic E-state index is 11.8. The Morgan fingerprint density at radius 2 is 2.11 bits per heavy atom. The molecule has 1 N–H and O–H groups in total. The van der Waals surface area contributed by atoms with Crippen molar-refractivity contribution in [1.29, 1.82) is 0 Å². The van der Waals surface area contributed by atoms with Gasteiger partial charge in [0.05, 0.1) is 7.11 Å². The third-order valence-electron chi connectivity index (χ3n) is 2.24. The van der Waals surface area contributed by atoms with Crippen molar-refractivity contribution < 1.29 is 19.1 Å². The Hall–Kier alpha value is -1.69. The van der Waals surface area contributed by atoms with Crippen molar-refractivity contribution in [3.8, 4) is 5.75 Å². The lowest BCUT2D eigenvalue weighted by Crippen LogP contribution is -2.25. The fourth-order valence-corrected chi connectivity index (χ4v) is 1.68. The molecule has 18 heavy (non-hydrogen) atoms. The summed E-state index contributed by atoms with van der Waals surface area (Å²) in [5.41, 5.74) is 0.305. The van der Waals surface area contributed by atoms with E-state index in [-0.39, 0.29) is 12.5 Å². The maximum atomic E-state index is 11.8. The molecule has 0 aliphatic carbocycles. The molecule has 0 fully saturated rings. The predicted octanol–water partition coefficient (Wildman–Crippen LogP) is 1.32. The van der Waals surface area contributed by atoms with E-state index in [2.05, 4.69) is 5.32 Å². The summed E-state index contributed by atoms with van der Waals surface area (Å²) in [6.07, 6.45) is 1.93. The van der Waals surface area contributed by atoms with Crippen molar-refractivity contribution in [3.05, 3.63) is 23.8 Å². The topological polar surface area (TPSA) is 64.6 Å². The van der Waals surface area contributed by atoms with E-state index < -0.39 is 5.97 Å². The molecule has 0 bridgehead atoms. The summed E-state index contributed by atoms with van der Waals surface area (Å²) in [6.45, 7) is -0.303. The first-order valence-electron chi connectivity index (χ1n) is 5.22. The SMILES string of the molecule is CNC(=O)COC(=O)c1ccc(SC)cc1OC. The van der Waals surface area contributed by atoms with Crippen LogP contribution in [0.4, 0.5) is 0 Å². The van der Waals surface area contributed by atoms with E-state index >= 15 is 0 Å². The number of methoxy groups -OCH3 is 1. The predicted molar refractivity (Wildman–Crippen MR) is 69.1 cm³/mol. The number of carbonyl (C=O) groups is 2. The molecule has 0 aliphatic heterocycles. The van der Waals surface area contributed by atoms with Crippen LogP contribution in [-0.2, 0) is 9.53 Å². The number of ether oxygens (including phenoxy) is 2. The van der Waals surface area contributed by atoms with Crippen molar-refractivity contribution in [2.45, 2.75) is 4.90 Å². The van der Waals surface area contributed by atoms with Crippen molar-refractivity contribution in [1.82, 2.24) is 5.32 Å². The number of thioether (sulfide) groups is 1. The van der Waals surface area contributed by atoms with Crippen LogP contribution in [0.25, 0.3) is 0 Å². The Balaban J connectivity index is 2.81. The minimum atomic E-state index is -0.580. The van der Waals surface area contributed by atoms with Gasteiger partial charge in [0.2, 0.25) is 0 Å². The van der Waals surface area contributed by atoms with Crippen LogP contribution < -0.4 is 10.1 Å². The molecule has 0 heterocycles. The number of rotatable bonds is 5. The first-order chi connectivity index (χ1) is 8.62. The lowest BCUT2D eigenvalue weighted by Gasteiger charge is -2.09. The van der Waals surface area contributed by atoms with E-state index in [9.17, 15) is 9.59 Å². The number of hydrogen-bond acceptors (Lipinski definition) is 5. The fourth-order valence-electron chi connectivity index (χ4n) is 1.25. The van der Waals surface area contributed by atoms with Crippen LogP contribution in [0, 0.1) is 0 Å². The van der Waals surface area contributed by atoms with Gasteiger partial charge in [-0.25, -0.2) is 4.79 Å². The van der Waals surface area contributed by atoms with Crippen molar-refractivity contribution in [2.24, 2.45) is 0 Å². The third-order valence-corrected chi connectivity index (χ3v) is 2.97. The van der Waals surface area contributed by atoms with Gasteiger partial charge in [0.1, 0.15) is 11.3 Å². The van der Waals surface area contributed by atoms with Crippen molar-refractivity contribution >= 4 is 23.6 Å². The summed E-state index contributed by atoms with van der Waals surface area (Å²) < 4.78 is 9.99. The molecule has 0 saturated heterocycles. The zero-order valence-electron chi connectivity index (χ0n) is 10.5. The minimum Gasteiger partial charge on any atom is -0.496 e. The Labute approximate surface area is 110 Å². The van der Waals surface area contributed by atoms with Gasteiger partial charge in [0.15, 0.2) is 6.61 Å². The van der Waals surface area contributed by atoms with Gasteiger partial charge in [-0.1, -0.05) is 0 Å². The molecule has 0 aromatic heterocycles. The van der Waals surface area contributed by atoms with Crippen LogP contribution in [-0.4, -0.2) is 38.9 Å². The molecule has 6 heteroatoms.